The summed E-state index contributed by atoms with van der Waals surface area (Å²) < 4.78 is 0. The fraction of sp³-hybridized carbons (Fsp3) is 0.435. The van der Waals surface area contributed by atoms with Crippen LogP contribution in [0.5, 0.6) is 0 Å². The maximum absolute atomic E-state index is 12.4. The predicted octanol–water partition coefficient (Wildman–Crippen LogP) is 4.99. The molecule has 2 aromatic carbocycles. The van der Waals surface area contributed by atoms with E-state index in [2.05, 4.69) is 29.6 Å². The maximum Gasteiger partial charge on any atom is 0.255 e. The minimum atomic E-state index is -0.111. The highest BCUT2D eigenvalue weighted by Crippen LogP contribution is 2.60. The Labute approximate surface area is 155 Å². The summed E-state index contributed by atoms with van der Waals surface area (Å²) in [6, 6.07) is 15.7. The van der Waals surface area contributed by atoms with Crippen LogP contribution in [-0.4, -0.2) is 5.91 Å². The number of anilines is 2. The Morgan fingerprint density at radius 1 is 0.923 bits per heavy atom. The lowest BCUT2D eigenvalue weighted by Gasteiger charge is -2.57. The quantitative estimate of drug-likeness (QED) is 0.769. The van der Waals surface area contributed by atoms with Crippen LogP contribution < -0.4 is 11.1 Å². The molecule has 0 atom stereocenters. The van der Waals surface area contributed by atoms with Gasteiger partial charge < -0.3 is 11.1 Å². The zero-order valence-electron chi connectivity index (χ0n) is 15.1. The average Bonchev–Trinajstić information content (AvgIpc) is 2.61. The summed E-state index contributed by atoms with van der Waals surface area (Å²) in [5.74, 6) is 2.73. The van der Waals surface area contributed by atoms with Crippen LogP contribution in [-0.2, 0) is 5.41 Å². The van der Waals surface area contributed by atoms with E-state index in [4.69, 9.17) is 5.73 Å². The molecule has 1 amide bonds. The van der Waals surface area contributed by atoms with E-state index in [-0.39, 0.29) is 5.91 Å². The number of hydrogen-bond donors (Lipinski definition) is 2. The zero-order chi connectivity index (χ0) is 17.7. The van der Waals surface area contributed by atoms with Crippen molar-refractivity contribution >= 4 is 17.3 Å². The van der Waals surface area contributed by atoms with E-state index in [1.165, 1.54) is 44.1 Å². The number of nitrogens with one attached hydrogen (secondary N) is 1. The minimum Gasteiger partial charge on any atom is -0.399 e. The molecule has 26 heavy (non-hydrogen) atoms. The van der Waals surface area contributed by atoms with E-state index >= 15 is 0 Å². The molecule has 6 rings (SSSR count). The van der Waals surface area contributed by atoms with Gasteiger partial charge in [-0.25, -0.2) is 0 Å². The molecule has 2 aromatic rings. The lowest BCUT2D eigenvalue weighted by molar-refractivity contribution is -0.00518. The summed E-state index contributed by atoms with van der Waals surface area (Å²) in [5.41, 5.74) is 9.72. The number of nitrogen functional groups attached to an aromatic ring is 1. The third kappa shape index (κ3) is 2.70. The van der Waals surface area contributed by atoms with Crippen molar-refractivity contribution in [3.63, 3.8) is 0 Å². The molecule has 4 bridgehead atoms. The number of benzene rings is 2. The smallest absolute Gasteiger partial charge is 0.255 e. The first-order chi connectivity index (χ1) is 12.6. The van der Waals surface area contributed by atoms with Gasteiger partial charge in [-0.1, -0.05) is 18.2 Å². The maximum atomic E-state index is 12.4. The molecule has 0 heterocycles. The van der Waals surface area contributed by atoms with E-state index in [0.29, 0.717) is 16.7 Å². The molecule has 0 unspecified atom stereocenters. The molecule has 0 spiro atoms. The number of carbonyl (C=O) groups is 1. The summed E-state index contributed by atoms with van der Waals surface area (Å²) in [6.45, 7) is 0. The Bertz CT molecular complexity index is 804. The van der Waals surface area contributed by atoms with E-state index < -0.39 is 0 Å². The van der Waals surface area contributed by atoms with Gasteiger partial charge in [0, 0.05) is 16.9 Å². The Hall–Kier alpha value is -2.29. The molecule has 0 aliphatic heterocycles. The van der Waals surface area contributed by atoms with E-state index in [0.717, 1.165) is 23.4 Å². The fourth-order valence-electron chi connectivity index (χ4n) is 6.25. The van der Waals surface area contributed by atoms with E-state index in [9.17, 15) is 4.79 Å². The summed E-state index contributed by atoms with van der Waals surface area (Å²) in [4.78, 5) is 12.4. The predicted molar refractivity (Wildman–Crippen MR) is 105 cm³/mol. The molecular weight excluding hydrogens is 320 g/mol. The normalized spacial score (nSPS) is 31.8. The largest absolute Gasteiger partial charge is 0.399 e. The lowest BCUT2D eigenvalue weighted by Crippen LogP contribution is -2.48. The standard InChI is InChI=1S/C23H26N2O/c24-20-3-1-2-18(11-20)22(26)25-21-6-4-19(5-7-21)23-12-15-8-16(13-23)10-17(9-15)14-23/h1-7,11,15-17H,8-10,12-14,24H2,(H,25,26). The van der Waals surface area contributed by atoms with Crippen molar-refractivity contribution in [3.05, 3.63) is 59.7 Å². The van der Waals surface area contributed by atoms with Crippen LogP contribution >= 0.6 is 0 Å². The third-order valence-corrected chi connectivity index (χ3v) is 6.94. The Morgan fingerprint density at radius 3 is 2.12 bits per heavy atom. The highest BCUT2D eigenvalue weighted by atomic mass is 16.1. The third-order valence-electron chi connectivity index (χ3n) is 6.94. The summed E-state index contributed by atoms with van der Waals surface area (Å²) in [5, 5.41) is 2.99. The van der Waals surface area contributed by atoms with Crippen LogP contribution in [0, 0.1) is 17.8 Å². The van der Waals surface area contributed by atoms with Crippen LogP contribution in [0.1, 0.15) is 54.4 Å². The molecule has 4 fully saturated rings. The first kappa shape index (κ1) is 15.9. The van der Waals surface area contributed by atoms with Crippen LogP contribution in [0.4, 0.5) is 11.4 Å². The van der Waals surface area contributed by atoms with Crippen molar-refractivity contribution in [3.8, 4) is 0 Å². The van der Waals surface area contributed by atoms with E-state index in [1.54, 1.807) is 24.3 Å². The van der Waals surface area contributed by atoms with Crippen LogP contribution in [0.3, 0.4) is 0 Å². The van der Waals surface area contributed by atoms with Crippen molar-refractivity contribution in [2.75, 3.05) is 11.1 Å². The van der Waals surface area contributed by atoms with Gasteiger partial charge in [-0.2, -0.15) is 0 Å². The lowest BCUT2D eigenvalue weighted by atomic mass is 9.48. The molecule has 0 saturated heterocycles. The highest BCUT2D eigenvalue weighted by Gasteiger charge is 2.51. The number of hydrogen-bond acceptors (Lipinski definition) is 2. The van der Waals surface area contributed by atoms with Crippen molar-refractivity contribution in [2.45, 2.75) is 43.9 Å². The number of rotatable bonds is 3. The number of carbonyl (C=O) groups excluding carboxylic acids is 1. The molecule has 4 saturated carbocycles. The molecule has 3 heteroatoms. The van der Waals surface area contributed by atoms with Crippen molar-refractivity contribution in [1.29, 1.82) is 0 Å². The van der Waals surface area contributed by atoms with Crippen molar-refractivity contribution in [2.24, 2.45) is 17.8 Å². The van der Waals surface area contributed by atoms with Gasteiger partial charge in [0.2, 0.25) is 0 Å². The monoisotopic (exact) mass is 346 g/mol. The molecule has 134 valence electrons. The molecular formula is C23H26N2O. The van der Waals surface area contributed by atoms with Gasteiger partial charge in [0.05, 0.1) is 0 Å². The van der Waals surface area contributed by atoms with Gasteiger partial charge in [-0.15, -0.1) is 0 Å². The molecule has 3 N–H and O–H groups in total. The summed E-state index contributed by atoms with van der Waals surface area (Å²) in [7, 11) is 0. The van der Waals surface area contributed by atoms with Crippen LogP contribution in [0.15, 0.2) is 48.5 Å². The van der Waals surface area contributed by atoms with Crippen LogP contribution in [0.2, 0.25) is 0 Å². The number of nitrogens with two attached hydrogens (primary N) is 1. The average molecular weight is 346 g/mol. The Kier molecular flexibility index (Phi) is 3.59. The second-order valence-electron chi connectivity index (χ2n) is 8.85. The molecule has 0 aromatic heterocycles. The Morgan fingerprint density at radius 2 is 1.54 bits per heavy atom. The first-order valence-electron chi connectivity index (χ1n) is 9.87. The van der Waals surface area contributed by atoms with Crippen LogP contribution in [0.25, 0.3) is 0 Å². The zero-order valence-corrected chi connectivity index (χ0v) is 15.1. The van der Waals surface area contributed by atoms with Gasteiger partial charge in [-0.05, 0) is 97.6 Å². The van der Waals surface area contributed by atoms with Gasteiger partial charge in [0.15, 0.2) is 0 Å². The van der Waals surface area contributed by atoms with Gasteiger partial charge >= 0.3 is 0 Å². The van der Waals surface area contributed by atoms with Crippen molar-refractivity contribution < 1.29 is 4.79 Å². The second-order valence-corrected chi connectivity index (χ2v) is 8.85. The Balaban J connectivity index is 1.34. The topological polar surface area (TPSA) is 55.1 Å². The second kappa shape index (κ2) is 5.87. The van der Waals surface area contributed by atoms with Gasteiger partial charge in [0.25, 0.3) is 5.91 Å². The van der Waals surface area contributed by atoms with Gasteiger partial charge in [0.1, 0.15) is 0 Å². The molecule has 4 aliphatic rings. The van der Waals surface area contributed by atoms with Gasteiger partial charge in [-0.3, -0.25) is 4.79 Å². The first-order valence-corrected chi connectivity index (χ1v) is 9.87. The van der Waals surface area contributed by atoms with E-state index in [1.807, 2.05) is 0 Å². The molecule has 4 aliphatic carbocycles. The molecule has 0 radical (unpaired) electrons. The summed E-state index contributed by atoms with van der Waals surface area (Å²) >= 11 is 0. The summed E-state index contributed by atoms with van der Waals surface area (Å²) in [6.07, 6.45) is 8.50. The minimum absolute atomic E-state index is 0.111. The van der Waals surface area contributed by atoms with Crippen molar-refractivity contribution in [1.82, 2.24) is 0 Å². The fourth-order valence-corrected chi connectivity index (χ4v) is 6.25. The highest BCUT2D eigenvalue weighted by molar-refractivity contribution is 6.04. The SMILES string of the molecule is Nc1cccc(C(=O)Nc2ccc(C34CC5CC(CC(C5)C3)C4)cc2)c1. The number of amides is 1. The molecule has 3 nitrogen and oxygen atoms in total.